The molecule has 5 rings (SSSR count). The van der Waals surface area contributed by atoms with E-state index in [1.807, 2.05) is 18.3 Å². The van der Waals surface area contributed by atoms with E-state index in [1.165, 1.54) is 24.5 Å². The molecule has 2 aliphatic rings. The summed E-state index contributed by atoms with van der Waals surface area (Å²) in [7, 11) is 0. The maximum absolute atomic E-state index is 13.9. The van der Waals surface area contributed by atoms with Gasteiger partial charge in [-0.25, -0.2) is 14.4 Å². The summed E-state index contributed by atoms with van der Waals surface area (Å²) in [5.74, 6) is 0.373. The molecule has 1 fully saturated rings. The molecule has 3 aromatic rings. The molecule has 0 bridgehead atoms. The molecular weight excluding hydrogens is 303 g/mol. The van der Waals surface area contributed by atoms with Crippen molar-refractivity contribution in [2.24, 2.45) is 0 Å². The average Bonchev–Trinajstić information content (AvgIpc) is 3.33. The standard InChI is InChI=1S/C19H14FN4/c20-16-4-2-1-3-14(16)13-9-22-18(23-10-13)24-12-19(6-7-19)15-11-21-8-5-17(15)24/h1-5,9-11H,6-7,12H2. The first-order chi connectivity index (χ1) is 11.8. The second-order valence-electron chi connectivity index (χ2n) is 6.45. The normalized spacial score (nSPS) is 17.1. The Morgan fingerprint density at radius 2 is 1.88 bits per heavy atom. The molecule has 24 heavy (non-hydrogen) atoms. The Morgan fingerprint density at radius 1 is 1.08 bits per heavy atom. The van der Waals surface area contributed by atoms with E-state index >= 15 is 0 Å². The van der Waals surface area contributed by atoms with Crippen LogP contribution in [0, 0.1) is 12.0 Å². The van der Waals surface area contributed by atoms with Crippen molar-refractivity contribution in [3.05, 3.63) is 66.5 Å². The van der Waals surface area contributed by atoms with Gasteiger partial charge in [0.25, 0.3) is 0 Å². The second kappa shape index (κ2) is 4.84. The van der Waals surface area contributed by atoms with E-state index in [9.17, 15) is 4.39 Å². The van der Waals surface area contributed by atoms with Crippen molar-refractivity contribution in [3.8, 4) is 11.1 Å². The van der Waals surface area contributed by atoms with E-state index in [2.05, 4.69) is 26.0 Å². The molecule has 0 N–H and O–H groups in total. The highest BCUT2D eigenvalue weighted by molar-refractivity contribution is 5.71. The molecule has 3 heterocycles. The summed E-state index contributed by atoms with van der Waals surface area (Å²) in [5, 5.41) is 0. The summed E-state index contributed by atoms with van der Waals surface area (Å²) < 4.78 is 13.9. The van der Waals surface area contributed by atoms with E-state index in [4.69, 9.17) is 0 Å². The van der Waals surface area contributed by atoms with Crippen molar-refractivity contribution < 1.29 is 4.39 Å². The Balaban J connectivity index is 1.52. The van der Waals surface area contributed by atoms with Crippen LogP contribution in [0.5, 0.6) is 0 Å². The molecule has 1 spiro atoms. The van der Waals surface area contributed by atoms with Gasteiger partial charge in [0.1, 0.15) is 5.82 Å². The summed E-state index contributed by atoms with van der Waals surface area (Å²) in [6.45, 7) is 0.876. The van der Waals surface area contributed by atoms with Gasteiger partial charge < -0.3 is 4.90 Å². The molecule has 117 valence electrons. The maximum Gasteiger partial charge on any atom is 0.229 e. The summed E-state index contributed by atoms with van der Waals surface area (Å²) in [6, 6.07) is 8.56. The summed E-state index contributed by atoms with van der Waals surface area (Å²) >= 11 is 0. The minimum atomic E-state index is -0.266. The molecule has 1 aliphatic heterocycles. The third-order valence-electron chi connectivity index (χ3n) is 4.99. The van der Waals surface area contributed by atoms with Gasteiger partial charge in [-0.05, 0) is 25.0 Å². The Bertz CT molecular complexity index is 919. The number of pyridine rings is 1. The summed E-state index contributed by atoms with van der Waals surface area (Å²) in [6.07, 6.45) is 10.5. The Hall–Kier alpha value is -2.82. The van der Waals surface area contributed by atoms with Crippen molar-refractivity contribution in [2.45, 2.75) is 18.3 Å². The van der Waals surface area contributed by atoms with E-state index in [0.717, 1.165) is 12.2 Å². The van der Waals surface area contributed by atoms with Gasteiger partial charge in [-0.1, -0.05) is 18.2 Å². The van der Waals surface area contributed by atoms with Crippen LogP contribution in [0.25, 0.3) is 11.1 Å². The molecule has 4 nitrogen and oxygen atoms in total. The first-order valence-corrected chi connectivity index (χ1v) is 7.98. The lowest BCUT2D eigenvalue weighted by Gasteiger charge is -2.17. The molecule has 0 saturated heterocycles. The summed E-state index contributed by atoms with van der Waals surface area (Å²) in [5.41, 5.74) is 3.76. The fraction of sp³-hybridized carbons (Fsp3) is 0.211. The first-order valence-electron chi connectivity index (χ1n) is 7.98. The lowest BCUT2D eigenvalue weighted by atomic mass is 10.0. The number of benzene rings is 1. The monoisotopic (exact) mass is 317 g/mol. The van der Waals surface area contributed by atoms with Crippen LogP contribution in [0.15, 0.2) is 48.9 Å². The Labute approximate surface area is 139 Å². The highest BCUT2D eigenvalue weighted by Crippen LogP contribution is 2.57. The van der Waals surface area contributed by atoms with Crippen LogP contribution in [0.2, 0.25) is 0 Å². The topological polar surface area (TPSA) is 41.9 Å². The van der Waals surface area contributed by atoms with Gasteiger partial charge in [0.2, 0.25) is 5.95 Å². The van der Waals surface area contributed by atoms with Gasteiger partial charge >= 0.3 is 0 Å². The van der Waals surface area contributed by atoms with Crippen LogP contribution in [0.1, 0.15) is 18.4 Å². The number of hydrogen-bond donors (Lipinski definition) is 0. The minimum absolute atomic E-state index is 0.213. The molecule has 0 amide bonds. The van der Waals surface area contributed by atoms with Crippen molar-refractivity contribution in [3.63, 3.8) is 0 Å². The highest BCUT2D eigenvalue weighted by atomic mass is 19.1. The van der Waals surface area contributed by atoms with Crippen molar-refractivity contribution in [1.29, 1.82) is 0 Å². The van der Waals surface area contributed by atoms with Gasteiger partial charge in [0.15, 0.2) is 0 Å². The SMILES string of the molecule is Fc1ccccc1-c1cnc(N2CC3(CC3)c3cn[c]cc32)nc1. The predicted molar refractivity (Wildman–Crippen MR) is 88.4 cm³/mol. The fourth-order valence-electron chi connectivity index (χ4n) is 3.50. The maximum atomic E-state index is 13.9. The number of anilines is 2. The van der Waals surface area contributed by atoms with Crippen molar-refractivity contribution in [2.75, 3.05) is 11.4 Å². The highest BCUT2D eigenvalue weighted by Gasteiger charge is 2.52. The van der Waals surface area contributed by atoms with E-state index in [0.29, 0.717) is 17.1 Å². The van der Waals surface area contributed by atoms with Gasteiger partial charge in [0.05, 0.1) is 11.9 Å². The molecule has 0 unspecified atom stereocenters. The minimum Gasteiger partial charge on any atom is -0.309 e. The van der Waals surface area contributed by atoms with Crippen molar-refractivity contribution >= 4 is 11.6 Å². The number of aromatic nitrogens is 3. The van der Waals surface area contributed by atoms with Crippen LogP contribution in [0.3, 0.4) is 0 Å². The van der Waals surface area contributed by atoms with Crippen LogP contribution in [-0.2, 0) is 5.41 Å². The molecule has 1 aromatic carbocycles. The quantitative estimate of drug-likeness (QED) is 0.723. The summed E-state index contributed by atoms with van der Waals surface area (Å²) in [4.78, 5) is 15.2. The largest absolute Gasteiger partial charge is 0.309 e. The Kier molecular flexibility index (Phi) is 2.74. The molecule has 0 atom stereocenters. The first kappa shape index (κ1) is 13.6. The number of fused-ring (bicyclic) bond motifs is 2. The van der Waals surface area contributed by atoms with Crippen LogP contribution < -0.4 is 4.90 Å². The predicted octanol–water partition coefficient (Wildman–Crippen LogP) is 3.66. The third kappa shape index (κ3) is 1.94. The van der Waals surface area contributed by atoms with Crippen LogP contribution in [-0.4, -0.2) is 21.5 Å². The lowest BCUT2D eigenvalue weighted by molar-refractivity contribution is 0.631. The third-order valence-corrected chi connectivity index (χ3v) is 4.99. The zero-order valence-corrected chi connectivity index (χ0v) is 12.9. The lowest BCUT2D eigenvalue weighted by Crippen LogP contribution is -2.21. The molecule has 2 aromatic heterocycles. The second-order valence-corrected chi connectivity index (χ2v) is 6.45. The van der Waals surface area contributed by atoms with E-state index < -0.39 is 0 Å². The van der Waals surface area contributed by atoms with Crippen LogP contribution in [0.4, 0.5) is 16.0 Å². The zero-order chi connectivity index (χ0) is 16.1. The van der Waals surface area contributed by atoms with Gasteiger partial charge in [-0.2, -0.15) is 0 Å². The molecule has 5 heteroatoms. The number of nitrogens with zero attached hydrogens (tertiary/aromatic N) is 4. The number of hydrogen-bond acceptors (Lipinski definition) is 4. The average molecular weight is 317 g/mol. The number of halogens is 1. The van der Waals surface area contributed by atoms with Gasteiger partial charge in [-0.3, -0.25) is 4.98 Å². The van der Waals surface area contributed by atoms with E-state index in [-0.39, 0.29) is 11.2 Å². The molecular formula is C19H14FN4. The van der Waals surface area contributed by atoms with Crippen LogP contribution >= 0.6 is 0 Å². The zero-order valence-electron chi connectivity index (χ0n) is 12.9. The molecule has 1 radical (unpaired) electrons. The van der Waals surface area contributed by atoms with Gasteiger partial charge in [0, 0.05) is 47.2 Å². The molecule has 1 aliphatic carbocycles. The Morgan fingerprint density at radius 3 is 2.62 bits per heavy atom. The smallest absolute Gasteiger partial charge is 0.229 e. The van der Waals surface area contributed by atoms with Crippen molar-refractivity contribution in [1.82, 2.24) is 15.0 Å². The fourth-order valence-corrected chi connectivity index (χ4v) is 3.50. The number of rotatable bonds is 2. The molecule has 1 saturated carbocycles. The van der Waals surface area contributed by atoms with E-state index in [1.54, 1.807) is 24.5 Å². The van der Waals surface area contributed by atoms with Gasteiger partial charge in [-0.15, -0.1) is 0 Å².